The van der Waals surface area contributed by atoms with E-state index in [1.807, 2.05) is 11.9 Å². The second kappa shape index (κ2) is 7.18. The zero-order valence-electron chi connectivity index (χ0n) is 10.8. The van der Waals surface area contributed by atoms with Gasteiger partial charge in [-0.25, -0.2) is 0 Å². The molecule has 104 valence electrons. The second-order valence-corrected chi connectivity index (χ2v) is 4.46. The molecule has 19 heavy (non-hydrogen) atoms. The SMILES string of the molecule is COCCN(C)Cc1ccc(C(=O)Cl)c([N+](=O)[O-])c1. The summed E-state index contributed by atoms with van der Waals surface area (Å²) in [6, 6.07) is 4.41. The molecule has 0 unspecified atom stereocenters. The summed E-state index contributed by atoms with van der Waals surface area (Å²) >= 11 is 5.31. The fraction of sp³-hybridized carbons (Fsp3) is 0.417. The van der Waals surface area contributed by atoms with E-state index in [0.29, 0.717) is 19.7 Å². The number of nitrogens with zero attached hydrogens (tertiary/aromatic N) is 2. The largest absolute Gasteiger partial charge is 0.383 e. The number of carbonyl (C=O) groups excluding carboxylic acids is 1. The quantitative estimate of drug-likeness (QED) is 0.436. The molecule has 1 aromatic rings. The van der Waals surface area contributed by atoms with Crippen LogP contribution < -0.4 is 0 Å². The van der Waals surface area contributed by atoms with Crippen molar-refractivity contribution < 1.29 is 14.5 Å². The zero-order chi connectivity index (χ0) is 14.4. The van der Waals surface area contributed by atoms with Gasteiger partial charge in [0.05, 0.1) is 11.5 Å². The third-order valence-corrected chi connectivity index (χ3v) is 2.80. The maximum Gasteiger partial charge on any atom is 0.281 e. The molecule has 0 atom stereocenters. The van der Waals surface area contributed by atoms with Gasteiger partial charge in [0.25, 0.3) is 10.9 Å². The van der Waals surface area contributed by atoms with E-state index < -0.39 is 10.2 Å². The summed E-state index contributed by atoms with van der Waals surface area (Å²) in [7, 11) is 3.49. The smallest absolute Gasteiger partial charge is 0.281 e. The molecule has 0 heterocycles. The zero-order valence-corrected chi connectivity index (χ0v) is 11.5. The maximum absolute atomic E-state index is 11.1. The average Bonchev–Trinajstić information content (AvgIpc) is 2.35. The standard InChI is InChI=1S/C12H15ClN2O4/c1-14(5-6-19-2)8-9-3-4-10(12(13)16)11(7-9)15(17)18/h3-4,7H,5-6,8H2,1-2H3. The average molecular weight is 287 g/mol. The number of rotatable bonds is 7. The molecule has 0 aliphatic rings. The van der Waals surface area contributed by atoms with E-state index in [1.54, 1.807) is 13.2 Å². The van der Waals surface area contributed by atoms with Crippen LogP contribution in [0.3, 0.4) is 0 Å². The first-order valence-corrected chi connectivity index (χ1v) is 5.98. The molecule has 0 aliphatic carbocycles. The summed E-state index contributed by atoms with van der Waals surface area (Å²) < 4.78 is 4.95. The molecule has 0 saturated heterocycles. The number of hydrogen-bond acceptors (Lipinski definition) is 5. The normalized spacial score (nSPS) is 10.7. The van der Waals surface area contributed by atoms with Crippen LogP contribution in [0.1, 0.15) is 15.9 Å². The molecule has 0 bridgehead atoms. The third-order valence-electron chi connectivity index (χ3n) is 2.60. The first-order chi connectivity index (χ1) is 8.95. The van der Waals surface area contributed by atoms with E-state index in [-0.39, 0.29) is 11.3 Å². The molecular formula is C12H15ClN2O4. The Morgan fingerprint density at radius 2 is 2.21 bits per heavy atom. The molecule has 0 aliphatic heterocycles. The van der Waals surface area contributed by atoms with Crippen LogP contribution in [-0.2, 0) is 11.3 Å². The predicted octanol–water partition coefficient (Wildman–Crippen LogP) is 2.05. The first-order valence-electron chi connectivity index (χ1n) is 5.60. The lowest BCUT2D eigenvalue weighted by atomic mass is 10.1. The topological polar surface area (TPSA) is 72.7 Å². The van der Waals surface area contributed by atoms with Gasteiger partial charge in [-0.2, -0.15) is 0 Å². The van der Waals surface area contributed by atoms with Gasteiger partial charge in [0, 0.05) is 26.3 Å². The monoisotopic (exact) mass is 286 g/mol. The minimum absolute atomic E-state index is 0.0880. The van der Waals surface area contributed by atoms with Gasteiger partial charge in [0.2, 0.25) is 0 Å². The van der Waals surface area contributed by atoms with Crippen molar-refractivity contribution in [3.63, 3.8) is 0 Å². The van der Waals surface area contributed by atoms with Crippen molar-refractivity contribution >= 4 is 22.5 Å². The van der Waals surface area contributed by atoms with Gasteiger partial charge in [0.15, 0.2) is 0 Å². The Kier molecular flexibility index (Phi) is 5.88. The minimum Gasteiger partial charge on any atom is -0.383 e. The maximum atomic E-state index is 11.1. The van der Waals surface area contributed by atoms with E-state index in [0.717, 1.165) is 5.56 Å². The molecular weight excluding hydrogens is 272 g/mol. The fourth-order valence-electron chi connectivity index (χ4n) is 1.63. The van der Waals surface area contributed by atoms with Crippen molar-refractivity contribution in [3.05, 3.63) is 39.4 Å². The number of ether oxygens (including phenoxy) is 1. The van der Waals surface area contributed by atoms with Crippen molar-refractivity contribution in [2.75, 3.05) is 27.3 Å². The summed E-state index contributed by atoms with van der Waals surface area (Å²) in [5, 5.41) is 10.1. The highest BCUT2D eigenvalue weighted by Crippen LogP contribution is 2.22. The molecule has 0 fully saturated rings. The summed E-state index contributed by atoms with van der Waals surface area (Å²) in [5.74, 6) is 0. The number of benzene rings is 1. The highest BCUT2D eigenvalue weighted by molar-refractivity contribution is 6.68. The van der Waals surface area contributed by atoms with E-state index >= 15 is 0 Å². The van der Waals surface area contributed by atoms with Gasteiger partial charge in [-0.1, -0.05) is 6.07 Å². The van der Waals surface area contributed by atoms with Crippen LogP contribution in [0.4, 0.5) is 5.69 Å². The summed E-state index contributed by atoms with van der Waals surface area (Å²) in [6.45, 7) is 1.82. The van der Waals surface area contributed by atoms with Gasteiger partial charge >= 0.3 is 0 Å². The van der Waals surface area contributed by atoms with Gasteiger partial charge in [-0.15, -0.1) is 0 Å². The van der Waals surface area contributed by atoms with Crippen LogP contribution in [0.15, 0.2) is 18.2 Å². The Morgan fingerprint density at radius 3 is 2.74 bits per heavy atom. The van der Waals surface area contributed by atoms with Crippen molar-refractivity contribution in [2.24, 2.45) is 0 Å². The summed E-state index contributed by atoms with van der Waals surface area (Å²) in [6.07, 6.45) is 0. The van der Waals surface area contributed by atoms with Crippen molar-refractivity contribution in [2.45, 2.75) is 6.54 Å². The number of likely N-dealkylation sites (N-methyl/N-ethyl adjacent to an activating group) is 1. The molecule has 0 saturated carbocycles. The van der Waals surface area contributed by atoms with Crippen LogP contribution in [0.5, 0.6) is 0 Å². The van der Waals surface area contributed by atoms with Gasteiger partial charge < -0.3 is 4.74 Å². The number of nitro benzene ring substituents is 1. The number of hydrogen-bond donors (Lipinski definition) is 0. The van der Waals surface area contributed by atoms with Crippen LogP contribution in [0.2, 0.25) is 0 Å². The number of halogens is 1. The fourth-order valence-corrected chi connectivity index (χ4v) is 1.79. The molecule has 0 spiro atoms. The van der Waals surface area contributed by atoms with Crippen LogP contribution in [0.25, 0.3) is 0 Å². The molecule has 0 N–H and O–H groups in total. The highest BCUT2D eigenvalue weighted by Gasteiger charge is 2.19. The van der Waals surface area contributed by atoms with Crippen molar-refractivity contribution in [3.8, 4) is 0 Å². The molecule has 6 nitrogen and oxygen atoms in total. The van der Waals surface area contributed by atoms with Crippen LogP contribution >= 0.6 is 11.6 Å². The second-order valence-electron chi connectivity index (χ2n) is 4.11. The van der Waals surface area contributed by atoms with E-state index in [2.05, 4.69) is 0 Å². The van der Waals surface area contributed by atoms with Crippen LogP contribution in [0, 0.1) is 10.1 Å². The van der Waals surface area contributed by atoms with E-state index in [1.165, 1.54) is 12.1 Å². The Morgan fingerprint density at radius 1 is 1.53 bits per heavy atom. The lowest BCUT2D eigenvalue weighted by Gasteiger charge is -2.16. The summed E-state index contributed by atoms with van der Waals surface area (Å²) in [5.41, 5.74) is 0.388. The molecule has 1 rings (SSSR count). The number of nitro groups is 1. The predicted molar refractivity (Wildman–Crippen MR) is 71.5 cm³/mol. The van der Waals surface area contributed by atoms with Crippen molar-refractivity contribution in [1.82, 2.24) is 4.90 Å². The Labute approximate surface area is 116 Å². The van der Waals surface area contributed by atoms with Gasteiger partial charge in [-0.05, 0) is 30.3 Å². The highest BCUT2D eigenvalue weighted by atomic mass is 35.5. The lowest BCUT2D eigenvalue weighted by molar-refractivity contribution is -0.385. The van der Waals surface area contributed by atoms with E-state index in [9.17, 15) is 14.9 Å². The Bertz CT molecular complexity index is 479. The molecule has 0 radical (unpaired) electrons. The van der Waals surface area contributed by atoms with Crippen LogP contribution in [-0.4, -0.2) is 42.4 Å². The lowest BCUT2D eigenvalue weighted by Crippen LogP contribution is -2.22. The third kappa shape index (κ3) is 4.59. The molecule has 0 amide bonds. The first kappa shape index (κ1) is 15.6. The minimum atomic E-state index is -0.828. The Balaban J connectivity index is 2.90. The Hall–Kier alpha value is -1.50. The number of methoxy groups -OCH3 is 1. The van der Waals surface area contributed by atoms with Crippen molar-refractivity contribution in [1.29, 1.82) is 0 Å². The molecule has 1 aromatic carbocycles. The van der Waals surface area contributed by atoms with E-state index in [4.69, 9.17) is 16.3 Å². The number of carbonyl (C=O) groups is 1. The van der Waals surface area contributed by atoms with Gasteiger partial charge in [-0.3, -0.25) is 19.8 Å². The summed E-state index contributed by atoms with van der Waals surface area (Å²) in [4.78, 5) is 23.3. The molecule has 0 aromatic heterocycles. The van der Waals surface area contributed by atoms with Gasteiger partial charge in [0.1, 0.15) is 5.56 Å². The molecule has 7 heteroatoms.